The summed E-state index contributed by atoms with van der Waals surface area (Å²) >= 11 is 0. The molecule has 0 radical (unpaired) electrons. The lowest BCUT2D eigenvalue weighted by atomic mass is 10.2. The zero-order valence-corrected chi connectivity index (χ0v) is 15.5. The minimum Gasteiger partial charge on any atom is -0.354 e. The number of amides is 1. The monoisotopic (exact) mass is 355 g/mol. The quantitative estimate of drug-likeness (QED) is 0.872. The fourth-order valence-electron chi connectivity index (χ4n) is 2.78. The van der Waals surface area contributed by atoms with Gasteiger partial charge >= 0.3 is 0 Å². The van der Waals surface area contributed by atoms with Gasteiger partial charge in [0.2, 0.25) is 11.9 Å². The molecule has 0 aromatic carbocycles. The van der Waals surface area contributed by atoms with Gasteiger partial charge in [0.1, 0.15) is 5.69 Å². The number of piperazine rings is 1. The van der Waals surface area contributed by atoms with Crippen molar-refractivity contribution >= 4 is 17.8 Å². The van der Waals surface area contributed by atoms with E-state index in [0.717, 1.165) is 12.2 Å². The number of nitrogens with one attached hydrogen (secondary N) is 1. The normalized spacial score (nSPS) is 14.6. The minimum absolute atomic E-state index is 0.0586. The summed E-state index contributed by atoms with van der Waals surface area (Å²) in [5.41, 5.74) is 1.22. The molecule has 26 heavy (non-hydrogen) atoms. The SMILES string of the molecule is Cc1cc(C(=O)N2CCN(c3ncccn3)CC2)nc(NCC(C)C)n1. The second-order valence-electron chi connectivity index (χ2n) is 6.82. The predicted molar refractivity (Wildman–Crippen MR) is 100 cm³/mol. The largest absolute Gasteiger partial charge is 0.354 e. The molecule has 2 aromatic heterocycles. The van der Waals surface area contributed by atoms with Crippen molar-refractivity contribution in [2.24, 2.45) is 5.92 Å². The molecule has 0 atom stereocenters. The third-order valence-corrected chi connectivity index (χ3v) is 4.14. The van der Waals surface area contributed by atoms with Crippen LogP contribution >= 0.6 is 0 Å². The van der Waals surface area contributed by atoms with E-state index >= 15 is 0 Å². The number of carbonyl (C=O) groups excluding carboxylic acids is 1. The Labute approximate surface area is 153 Å². The van der Waals surface area contributed by atoms with Crippen molar-refractivity contribution in [1.82, 2.24) is 24.8 Å². The fourth-order valence-corrected chi connectivity index (χ4v) is 2.78. The van der Waals surface area contributed by atoms with Gasteiger partial charge in [0.15, 0.2) is 0 Å². The maximum Gasteiger partial charge on any atom is 0.272 e. The number of aromatic nitrogens is 4. The number of nitrogens with zero attached hydrogens (tertiary/aromatic N) is 6. The van der Waals surface area contributed by atoms with Crippen LogP contribution in [0.1, 0.15) is 30.0 Å². The van der Waals surface area contributed by atoms with Gasteiger partial charge in [0.05, 0.1) is 0 Å². The van der Waals surface area contributed by atoms with E-state index in [4.69, 9.17) is 0 Å². The summed E-state index contributed by atoms with van der Waals surface area (Å²) in [7, 11) is 0. The lowest BCUT2D eigenvalue weighted by molar-refractivity contribution is 0.0740. The third kappa shape index (κ3) is 4.44. The van der Waals surface area contributed by atoms with Crippen LogP contribution in [0.25, 0.3) is 0 Å². The molecule has 0 bridgehead atoms. The fraction of sp³-hybridized carbons (Fsp3) is 0.500. The topological polar surface area (TPSA) is 87.1 Å². The third-order valence-electron chi connectivity index (χ3n) is 4.14. The Morgan fingerprint density at radius 1 is 1.15 bits per heavy atom. The van der Waals surface area contributed by atoms with Crippen LogP contribution in [0.15, 0.2) is 24.5 Å². The van der Waals surface area contributed by atoms with E-state index in [9.17, 15) is 4.79 Å². The van der Waals surface area contributed by atoms with E-state index in [-0.39, 0.29) is 5.91 Å². The van der Waals surface area contributed by atoms with Gasteiger partial charge in [-0.3, -0.25) is 4.79 Å². The first-order chi connectivity index (χ1) is 12.5. The zero-order chi connectivity index (χ0) is 18.5. The van der Waals surface area contributed by atoms with Gasteiger partial charge in [0.25, 0.3) is 5.91 Å². The van der Waals surface area contributed by atoms with Crippen molar-refractivity contribution in [3.8, 4) is 0 Å². The van der Waals surface area contributed by atoms with Crippen molar-refractivity contribution in [2.45, 2.75) is 20.8 Å². The smallest absolute Gasteiger partial charge is 0.272 e. The Hall–Kier alpha value is -2.77. The van der Waals surface area contributed by atoms with Crippen molar-refractivity contribution in [1.29, 1.82) is 0 Å². The number of hydrogen-bond acceptors (Lipinski definition) is 7. The number of hydrogen-bond donors (Lipinski definition) is 1. The molecule has 1 N–H and O–H groups in total. The molecule has 138 valence electrons. The van der Waals surface area contributed by atoms with E-state index in [2.05, 4.69) is 44.0 Å². The minimum atomic E-state index is -0.0586. The number of anilines is 2. The summed E-state index contributed by atoms with van der Waals surface area (Å²) in [4.78, 5) is 34.1. The number of aryl methyl sites for hydroxylation is 1. The average molecular weight is 355 g/mol. The highest BCUT2D eigenvalue weighted by Gasteiger charge is 2.24. The standard InChI is InChI=1S/C18H25N7O/c1-13(2)12-21-17-22-14(3)11-15(23-17)16(26)24-7-9-25(10-8-24)18-19-5-4-6-20-18/h4-6,11,13H,7-10,12H2,1-3H3,(H,21,22,23). The van der Waals surface area contributed by atoms with E-state index in [0.29, 0.717) is 49.7 Å². The van der Waals surface area contributed by atoms with Crippen LogP contribution in [-0.2, 0) is 0 Å². The predicted octanol–water partition coefficient (Wildman–Crippen LogP) is 1.61. The Bertz CT molecular complexity index is 742. The highest BCUT2D eigenvalue weighted by molar-refractivity contribution is 5.92. The Balaban J connectivity index is 1.65. The molecule has 3 heterocycles. The van der Waals surface area contributed by atoms with Gasteiger partial charge in [0, 0.05) is 50.8 Å². The van der Waals surface area contributed by atoms with Crippen LogP contribution in [-0.4, -0.2) is 63.5 Å². The summed E-state index contributed by atoms with van der Waals surface area (Å²) in [6.07, 6.45) is 3.46. The molecule has 0 spiro atoms. The first kappa shape index (κ1) is 18.0. The molecule has 2 aromatic rings. The van der Waals surface area contributed by atoms with Crippen LogP contribution in [0, 0.1) is 12.8 Å². The molecule has 1 fully saturated rings. The van der Waals surface area contributed by atoms with Gasteiger partial charge in [-0.1, -0.05) is 13.8 Å². The highest BCUT2D eigenvalue weighted by Crippen LogP contribution is 2.13. The summed E-state index contributed by atoms with van der Waals surface area (Å²) in [6.45, 7) is 9.53. The lowest BCUT2D eigenvalue weighted by Crippen LogP contribution is -2.49. The zero-order valence-electron chi connectivity index (χ0n) is 15.5. The van der Waals surface area contributed by atoms with Gasteiger partial charge in [-0.25, -0.2) is 19.9 Å². The van der Waals surface area contributed by atoms with E-state index in [1.807, 2.05) is 11.8 Å². The second-order valence-corrected chi connectivity index (χ2v) is 6.82. The maximum absolute atomic E-state index is 12.8. The molecule has 8 heteroatoms. The molecule has 1 aliphatic heterocycles. The summed E-state index contributed by atoms with van der Waals surface area (Å²) in [6, 6.07) is 3.54. The molecule has 0 aliphatic carbocycles. The molecule has 1 saturated heterocycles. The molecule has 1 aliphatic rings. The van der Waals surface area contributed by atoms with Gasteiger partial charge in [-0.15, -0.1) is 0 Å². The van der Waals surface area contributed by atoms with Crippen LogP contribution in [0.4, 0.5) is 11.9 Å². The van der Waals surface area contributed by atoms with Crippen LogP contribution in [0.2, 0.25) is 0 Å². The van der Waals surface area contributed by atoms with Crippen molar-refractivity contribution in [3.63, 3.8) is 0 Å². The first-order valence-electron chi connectivity index (χ1n) is 8.93. The van der Waals surface area contributed by atoms with Gasteiger partial charge in [-0.2, -0.15) is 0 Å². The summed E-state index contributed by atoms with van der Waals surface area (Å²) < 4.78 is 0. The Kier molecular flexibility index (Phi) is 5.60. The van der Waals surface area contributed by atoms with Gasteiger partial charge < -0.3 is 15.1 Å². The van der Waals surface area contributed by atoms with Crippen LogP contribution in [0.3, 0.4) is 0 Å². The molecular weight excluding hydrogens is 330 g/mol. The molecule has 3 rings (SSSR count). The highest BCUT2D eigenvalue weighted by atomic mass is 16.2. The molecule has 1 amide bonds. The van der Waals surface area contributed by atoms with Crippen LogP contribution < -0.4 is 10.2 Å². The first-order valence-corrected chi connectivity index (χ1v) is 8.93. The Morgan fingerprint density at radius 3 is 2.50 bits per heavy atom. The van der Waals surface area contributed by atoms with Crippen molar-refractivity contribution in [3.05, 3.63) is 35.9 Å². The molecule has 0 saturated carbocycles. The number of rotatable bonds is 5. The van der Waals surface area contributed by atoms with E-state index in [1.54, 1.807) is 24.5 Å². The average Bonchev–Trinajstić information content (AvgIpc) is 2.66. The lowest BCUT2D eigenvalue weighted by Gasteiger charge is -2.34. The Morgan fingerprint density at radius 2 is 1.85 bits per heavy atom. The summed E-state index contributed by atoms with van der Waals surface area (Å²) in [5, 5.41) is 3.19. The number of carbonyl (C=O) groups is 1. The summed E-state index contributed by atoms with van der Waals surface area (Å²) in [5.74, 6) is 1.64. The van der Waals surface area contributed by atoms with Crippen molar-refractivity contribution < 1.29 is 4.79 Å². The molecule has 0 unspecified atom stereocenters. The van der Waals surface area contributed by atoms with Crippen molar-refractivity contribution in [2.75, 3.05) is 42.9 Å². The van der Waals surface area contributed by atoms with Gasteiger partial charge in [-0.05, 0) is 25.0 Å². The van der Waals surface area contributed by atoms with E-state index in [1.165, 1.54) is 0 Å². The van der Waals surface area contributed by atoms with E-state index < -0.39 is 0 Å². The van der Waals surface area contributed by atoms with Crippen LogP contribution in [0.5, 0.6) is 0 Å². The molecule has 8 nitrogen and oxygen atoms in total. The second kappa shape index (κ2) is 8.07. The molecular formula is C18H25N7O. The maximum atomic E-state index is 12.8.